The molecule has 0 amide bonds. The van der Waals surface area contributed by atoms with Gasteiger partial charge in [0, 0.05) is 6.26 Å². The Morgan fingerprint density at radius 3 is 2.45 bits per heavy atom. The summed E-state index contributed by atoms with van der Waals surface area (Å²) in [5, 5.41) is 9.16. The molecule has 1 aromatic carbocycles. The van der Waals surface area contributed by atoms with Gasteiger partial charge in [0.1, 0.15) is 0 Å². The fraction of sp³-hybridized carbons (Fsp3) is 0.533. The molecule has 0 aromatic heterocycles. The second-order valence-electron chi connectivity index (χ2n) is 5.80. The van der Waals surface area contributed by atoms with E-state index in [0.717, 1.165) is 25.2 Å². The summed E-state index contributed by atoms with van der Waals surface area (Å²) in [6.45, 7) is 0. The normalized spacial score (nSPS) is 17.0. The minimum Gasteiger partial charge on any atom is -0.224 e. The van der Waals surface area contributed by atoms with Gasteiger partial charge in [-0.3, -0.25) is 0 Å². The smallest absolute Gasteiger partial charge is 0.224 e. The van der Waals surface area contributed by atoms with Gasteiger partial charge in [0.15, 0.2) is 9.84 Å². The van der Waals surface area contributed by atoms with Crippen LogP contribution in [0.15, 0.2) is 23.1 Å². The lowest BCUT2D eigenvalue weighted by molar-refractivity contribution is -0.137. The van der Waals surface area contributed by atoms with Gasteiger partial charge in [-0.25, -0.2) is 8.42 Å². The Hall–Kier alpha value is -1.55. The highest BCUT2D eigenvalue weighted by molar-refractivity contribution is 7.90. The van der Waals surface area contributed by atoms with Crippen molar-refractivity contribution in [3.05, 3.63) is 29.3 Å². The van der Waals surface area contributed by atoms with E-state index in [2.05, 4.69) is 6.07 Å². The van der Waals surface area contributed by atoms with E-state index in [4.69, 9.17) is 5.26 Å². The first-order valence-corrected chi connectivity index (χ1v) is 8.80. The second-order valence-corrected chi connectivity index (χ2v) is 7.79. The maximum Gasteiger partial charge on any atom is 0.416 e. The maximum absolute atomic E-state index is 12.7. The van der Waals surface area contributed by atoms with Crippen molar-refractivity contribution >= 4 is 9.84 Å². The predicted octanol–water partition coefficient (Wildman–Crippen LogP) is 3.59. The van der Waals surface area contributed by atoms with Crippen molar-refractivity contribution in [2.45, 2.75) is 36.8 Å². The molecule has 0 radical (unpaired) electrons. The second kappa shape index (κ2) is 5.92. The zero-order valence-electron chi connectivity index (χ0n) is 12.0. The first kappa shape index (κ1) is 16.8. The van der Waals surface area contributed by atoms with Crippen molar-refractivity contribution in [1.82, 2.24) is 0 Å². The van der Waals surface area contributed by atoms with E-state index < -0.39 is 21.6 Å². The fourth-order valence-electron chi connectivity index (χ4n) is 2.45. The van der Waals surface area contributed by atoms with E-state index in [9.17, 15) is 21.6 Å². The molecule has 0 saturated heterocycles. The summed E-state index contributed by atoms with van der Waals surface area (Å²) in [5.41, 5.74) is -0.713. The molecule has 22 heavy (non-hydrogen) atoms. The van der Waals surface area contributed by atoms with Gasteiger partial charge in [-0.1, -0.05) is 18.9 Å². The van der Waals surface area contributed by atoms with Crippen LogP contribution in [0.2, 0.25) is 0 Å². The zero-order chi connectivity index (χ0) is 16.5. The number of hydrogen-bond donors (Lipinski definition) is 0. The molecule has 1 aliphatic carbocycles. The third-order valence-corrected chi connectivity index (χ3v) is 4.94. The van der Waals surface area contributed by atoms with Crippen LogP contribution in [0.1, 0.15) is 30.4 Å². The Bertz CT molecular complexity index is 700. The Balaban J connectivity index is 2.35. The zero-order valence-corrected chi connectivity index (χ0v) is 12.8. The van der Waals surface area contributed by atoms with Crippen molar-refractivity contribution < 1.29 is 21.6 Å². The van der Waals surface area contributed by atoms with Crippen LogP contribution < -0.4 is 0 Å². The molecule has 0 spiro atoms. The number of alkyl halides is 3. The van der Waals surface area contributed by atoms with Gasteiger partial charge in [-0.05, 0) is 36.5 Å². The summed E-state index contributed by atoms with van der Waals surface area (Å²) < 4.78 is 61.8. The predicted molar refractivity (Wildman–Crippen MR) is 74.7 cm³/mol. The van der Waals surface area contributed by atoms with Crippen LogP contribution in [0.3, 0.4) is 0 Å². The molecule has 0 bridgehead atoms. The Morgan fingerprint density at radius 2 is 2.00 bits per heavy atom. The molecule has 0 N–H and O–H groups in total. The largest absolute Gasteiger partial charge is 0.416 e. The highest BCUT2D eigenvalue weighted by Crippen LogP contribution is 2.37. The van der Waals surface area contributed by atoms with E-state index in [-0.39, 0.29) is 22.8 Å². The lowest BCUT2D eigenvalue weighted by Crippen LogP contribution is -2.12. The molecule has 1 atom stereocenters. The van der Waals surface area contributed by atoms with Crippen molar-refractivity contribution in [3.8, 4) is 6.07 Å². The van der Waals surface area contributed by atoms with Crippen LogP contribution >= 0.6 is 0 Å². The molecule has 1 fully saturated rings. The standard InChI is InChI=1S/C15H16F3NO2S/c1-22(20,21)14-8-13(15(16,17)18)5-4-12(14)7-11(9-19)6-10-2-3-10/h4-5,8,10-11H,2-3,6-7H2,1H3. The van der Waals surface area contributed by atoms with Gasteiger partial charge in [0.25, 0.3) is 0 Å². The van der Waals surface area contributed by atoms with Crippen molar-refractivity contribution in [2.75, 3.05) is 6.26 Å². The van der Waals surface area contributed by atoms with Crippen LogP contribution in [0.25, 0.3) is 0 Å². The number of nitriles is 1. The lowest BCUT2D eigenvalue weighted by atomic mass is 9.95. The van der Waals surface area contributed by atoms with E-state index >= 15 is 0 Å². The number of sulfone groups is 1. The molecule has 2 rings (SSSR count). The van der Waals surface area contributed by atoms with Gasteiger partial charge in [0.2, 0.25) is 0 Å². The van der Waals surface area contributed by atoms with Crippen molar-refractivity contribution in [2.24, 2.45) is 11.8 Å². The summed E-state index contributed by atoms with van der Waals surface area (Å²) in [6, 6.07) is 4.84. The molecule has 0 heterocycles. The number of benzene rings is 1. The van der Waals surface area contributed by atoms with Crippen LogP contribution in [0.5, 0.6) is 0 Å². The summed E-state index contributed by atoms with van der Waals surface area (Å²) in [6.07, 6.45) is -0.766. The van der Waals surface area contributed by atoms with Crippen LogP contribution in [-0.4, -0.2) is 14.7 Å². The number of nitrogens with zero attached hydrogens (tertiary/aromatic N) is 1. The first-order chi connectivity index (χ1) is 10.1. The Kier molecular flexibility index (Phi) is 4.52. The highest BCUT2D eigenvalue weighted by atomic mass is 32.2. The third-order valence-electron chi connectivity index (χ3n) is 3.76. The van der Waals surface area contributed by atoms with Crippen LogP contribution in [0, 0.1) is 23.2 Å². The molecule has 1 aliphatic rings. The van der Waals surface area contributed by atoms with Crippen LogP contribution in [0.4, 0.5) is 13.2 Å². The number of rotatable bonds is 5. The molecule has 7 heteroatoms. The molecule has 1 saturated carbocycles. The number of hydrogen-bond acceptors (Lipinski definition) is 3. The monoisotopic (exact) mass is 331 g/mol. The van der Waals surface area contributed by atoms with Crippen molar-refractivity contribution in [3.63, 3.8) is 0 Å². The highest BCUT2D eigenvalue weighted by Gasteiger charge is 2.33. The topological polar surface area (TPSA) is 57.9 Å². The van der Waals surface area contributed by atoms with Gasteiger partial charge >= 0.3 is 6.18 Å². The summed E-state index contributed by atoms with van der Waals surface area (Å²) in [7, 11) is -3.79. The minimum absolute atomic E-state index is 0.160. The van der Waals surface area contributed by atoms with Crippen LogP contribution in [-0.2, 0) is 22.4 Å². The average molecular weight is 331 g/mol. The summed E-state index contributed by atoms with van der Waals surface area (Å²) in [4.78, 5) is -0.335. The van der Waals surface area contributed by atoms with Gasteiger partial charge < -0.3 is 0 Å². The Morgan fingerprint density at radius 1 is 1.36 bits per heavy atom. The first-order valence-electron chi connectivity index (χ1n) is 6.91. The molecule has 1 unspecified atom stereocenters. The minimum atomic E-state index is -4.60. The van der Waals surface area contributed by atoms with Gasteiger partial charge in [-0.2, -0.15) is 18.4 Å². The molecular formula is C15H16F3NO2S. The summed E-state index contributed by atoms with van der Waals surface area (Å²) >= 11 is 0. The summed E-state index contributed by atoms with van der Waals surface area (Å²) in [5.74, 6) is 0.116. The molecule has 3 nitrogen and oxygen atoms in total. The quantitative estimate of drug-likeness (QED) is 0.828. The van der Waals surface area contributed by atoms with E-state index in [1.807, 2.05) is 0 Å². The van der Waals surface area contributed by atoms with Crippen molar-refractivity contribution in [1.29, 1.82) is 5.26 Å². The third kappa shape index (κ3) is 4.23. The lowest BCUT2D eigenvalue weighted by Gasteiger charge is -2.14. The van der Waals surface area contributed by atoms with Gasteiger partial charge in [-0.15, -0.1) is 0 Å². The van der Waals surface area contributed by atoms with E-state index in [1.165, 1.54) is 6.07 Å². The molecule has 120 valence electrons. The van der Waals surface area contributed by atoms with E-state index in [1.54, 1.807) is 0 Å². The number of halogens is 3. The molecule has 0 aliphatic heterocycles. The maximum atomic E-state index is 12.7. The van der Waals surface area contributed by atoms with Gasteiger partial charge in [0.05, 0.1) is 22.4 Å². The molecular weight excluding hydrogens is 315 g/mol. The van der Waals surface area contributed by atoms with E-state index in [0.29, 0.717) is 18.4 Å². The average Bonchev–Trinajstić information content (AvgIpc) is 3.19. The molecule has 1 aromatic rings. The SMILES string of the molecule is CS(=O)(=O)c1cc(C(F)(F)F)ccc1CC(C#N)CC1CC1. The fourth-order valence-corrected chi connectivity index (χ4v) is 3.42. The Labute approximate surface area is 127 Å².